The van der Waals surface area contributed by atoms with Gasteiger partial charge in [-0.2, -0.15) is 11.8 Å². The fourth-order valence-corrected chi connectivity index (χ4v) is 3.08. The van der Waals surface area contributed by atoms with Crippen molar-refractivity contribution in [2.75, 3.05) is 38.4 Å². The number of hydrogen-bond acceptors (Lipinski definition) is 6. The maximum absolute atomic E-state index is 12.6. The Morgan fingerprint density at radius 1 is 1.17 bits per heavy atom. The van der Waals surface area contributed by atoms with Crippen molar-refractivity contribution < 1.29 is 19.4 Å². The lowest BCUT2D eigenvalue weighted by molar-refractivity contribution is -0.129. The molecule has 6 heteroatoms. The molecule has 2 atom stereocenters. The second kappa shape index (κ2) is 11.5. The van der Waals surface area contributed by atoms with Gasteiger partial charge in [0.05, 0.1) is 32.0 Å². The van der Waals surface area contributed by atoms with Crippen LogP contribution in [-0.4, -0.2) is 67.0 Å². The molecule has 0 amide bonds. The van der Waals surface area contributed by atoms with E-state index in [-0.39, 0.29) is 22.8 Å². The van der Waals surface area contributed by atoms with E-state index in [1.54, 1.807) is 18.9 Å². The molecule has 0 aromatic heterocycles. The molecule has 0 saturated carbocycles. The number of methoxy groups -OCH3 is 1. The molecule has 2 N–H and O–H groups in total. The van der Waals surface area contributed by atoms with Gasteiger partial charge in [0.15, 0.2) is 5.78 Å². The summed E-state index contributed by atoms with van der Waals surface area (Å²) in [7, 11) is 1.62. The van der Waals surface area contributed by atoms with Gasteiger partial charge < -0.3 is 19.9 Å². The number of ketones is 1. The minimum Gasteiger partial charge on any atom is -0.390 e. The Kier molecular flexibility index (Phi) is 11.4. The molecule has 1 unspecified atom stereocenters. The number of aliphatic hydroxyl groups excluding tert-OH is 1. The van der Waals surface area contributed by atoms with Gasteiger partial charge in [0, 0.05) is 23.8 Å². The van der Waals surface area contributed by atoms with Crippen LogP contribution in [0.25, 0.3) is 0 Å². The SMILES string of the molecule is COCCOCC(O)CSCC[C@H](NC(C)(C)C)C(=O)C(C)(C)C. The van der Waals surface area contributed by atoms with Crippen molar-refractivity contribution in [2.24, 2.45) is 5.41 Å². The highest BCUT2D eigenvalue weighted by Crippen LogP contribution is 2.21. The average Bonchev–Trinajstić information content (AvgIpc) is 2.44. The van der Waals surface area contributed by atoms with Crippen LogP contribution in [0.5, 0.6) is 0 Å². The number of thioether (sulfide) groups is 1. The summed E-state index contributed by atoms with van der Waals surface area (Å²) in [6.45, 7) is 13.5. The van der Waals surface area contributed by atoms with E-state index < -0.39 is 6.10 Å². The largest absolute Gasteiger partial charge is 0.390 e. The third-order valence-electron chi connectivity index (χ3n) is 3.27. The van der Waals surface area contributed by atoms with E-state index in [9.17, 15) is 9.90 Å². The number of carbonyl (C=O) groups excluding carboxylic acids is 1. The molecule has 0 spiro atoms. The van der Waals surface area contributed by atoms with E-state index in [4.69, 9.17) is 9.47 Å². The summed E-state index contributed by atoms with van der Waals surface area (Å²) in [6.07, 6.45) is 0.272. The zero-order chi connectivity index (χ0) is 18.8. The lowest BCUT2D eigenvalue weighted by atomic mass is 9.84. The topological polar surface area (TPSA) is 67.8 Å². The molecular weight excluding hydrogens is 326 g/mol. The fourth-order valence-electron chi connectivity index (χ4n) is 2.14. The molecule has 0 fully saturated rings. The van der Waals surface area contributed by atoms with Gasteiger partial charge in [0.25, 0.3) is 0 Å². The summed E-state index contributed by atoms with van der Waals surface area (Å²) in [5.74, 6) is 1.67. The highest BCUT2D eigenvalue weighted by atomic mass is 32.2. The summed E-state index contributed by atoms with van der Waals surface area (Å²) < 4.78 is 10.2. The Morgan fingerprint density at radius 2 is 1.79 bits per heavy atom. The minimum absolute atomic E-state index is 0.106. The van der Waals surface area contributed by atoms with Gasteiger partial charge >= 0.3 is 0 Å². The molecule has 0 bridgehead atoms. The normalized spacial score (nSPS) is 15.3. The standard InChI is InChI=1S/C18H37NO4S/c1-17(2,3)16(21)15(19-18(4,5)6)8-11-24-13-14(20)12-23-10-9-22-7/h14-15,19-20H,8-13H2,1-7H3/t14?,15-/m0/s1. The van der Waals surface area contributed by atoms with Gasteiger partial charge in [-0.05, 0) is 32.9 Å². The van der Waals surface area contributed by atoms with Crippen LogP contribution < -0.4 is 5.32 Å². The van der Waals surface area contributed by atoms with Crippen LogP contribution in [0, 0.1) is 5.41 Å². The molecule has 0 heterocycles. The smallest absolute Gasteiger partial charge is 0.155 e. The van der Waals surface area contributed by atoms with Crippen molar-refractivity contribution in [3.8, 4) is 0 Å². The number of ether oxygens (including phenoxy) is 2. The summed E-state index contributed by atoms with van der Waals surface area (Å²) in [5, 5.41) is 13.3. The fraction of sp³-hybridized carbons (Fsp3) is 0.944. The number of carbonyl (C=O) groups is 1. The third kappa shape index (κ3) is 12.3. The van der Waals surface area contributed by atoms with E-state index in [1.807, 2.05) is 20.8 Å². The zero-order valence-electron chi connectivity index (χ0n) is 16.5. The van der Waals surface area contributed by atoms with Crippen LogP contribution >= 0.6 is 11.8 Å². The number of hydrogen-bond donors (Lipinski definition) is 2. The monoisotopic (exact) mass is 363 g/mol. The minimum atomic E-state index is -0.487. The molecule has 144 valence electrons. The van der Waals surface area contributed by atoms with Crippen LogP contribution in [0.1, 0.15) is 48.0 Å². The predicted octanol–water partition coefficient (Wildman–Crippen LogP) is 2.51. The van der Waals surface area contributed by atoms with Gasteiger partial charge in [0.1, 0.15) is 0 Å². The average molecular weight is 364 g/mol. The van der Waals surface area contributed by atoms with Crippen molar-refractivity contribution in [2.45, 2.75) is 65.6 Å². The summed E-state index contributed by atoms with van der Waals surface area (Å²) >= 11 is 1.65. The van der Waals surface area contributed by atoms with Crippen molar-refractivity contribution in [3.63, 3.8) is 0 Å². The van der Waals surface area contributed by atoms with Gasteiger partial charge in [0.2, 0.25) is 0 Å². The molecule has 0 aromatic carbocycles. The van der Waals surface area contributed by atoms with Crippen LogP contribution in [0.15, 0.2) is 0 Å². The van der Waals surface area contributed by atoms with Gasteiger partial charge in [-0.1, -0.05) is 20.8 Å². The first-order valence-electron chi connectivity index (χ1n) is 8.62. The number of rotatable bonds is 12. The Balaban J connectivity index is 4.21. The molecule has 0 aliphatic carbocycles. The predicted molar refractivity (Wildman–Crippen MR) is 102 cm³/mol. The molecular formula is C18H37NO4S. The van der Waals surface area contributed by atoms with Gasteiger partial charge in [-0.15, -0.1) is 0 Å². The molecule has 24 heavy (non-hydrogen) atoms. The van der Waals surface area contributed by atoms with Crippen LogP contribution in [0.3, 0.4) is 0 Å². The maximum atomic E-state index is 12.6. The lowest BCUT2D eigenvalue weighted by Crippen LogP contribution is -2.51. The first-order chi connectivity index (χ1) is 11.0. The van der Waals surface area contributed by atoms with E-state index in [0.717, 1.165) is 12.2 Å². The van der Waals surface area contributed by atoms with Crippen LogP contribution in [0.2, 0.25) is 0 Å². The summed E-state index contributed by atoms with van der Waals surface area (Å²) in [5.41, 5.74) is -0.465. The quantitative estimate of drug-likeness (QED) is 0.519. The Labute approximate surface area is 152 Å². The highest BCUT2D eigenvalue weighted by molar-refractivity contribution is 7.99. The molecule has 0 aliphatic heterocycles. The van der Waals surface area contributed by atoms with E-state index in [0.29, 0.717) is 25.6 Å². The first kappa shape index (κ1) is 23.9. The van der Waals surface area contributed by atoms with Crippen molar-refractivity contribution in [1.29, 1.82) is 0 Å². The summed E-state index contributed by atoms with van der Waals surface area (Å²) in [4.78, 5) is 12.6. The molecule has 0 aliphatic rings. The first-order valence-corrected chi connectivity index (χ1v) is 9.77. The molecule has 0 rings (SSSR count). The molecule has 0 radical (unpaired) electrons. The van der Waals surface area contributed by atoms with E-state index >= 15 is 0 Å². The number of Topliss-reactive ketones (excluding diaryl/α,β-unsaturated/α-hetero) is 1. The molecule has 0 aromatic rings. The van der Waals surface area contributed by atoms with Crippen LogP contribution in [-0.2, 0) is 14.3 Å². The van der Waals surface area contributed by atoms with Crippen LogP contribution in [0.4, 0.5) is 0 Å². The van der Waals surface area contributed by atoms with Gasteiger partial charge in [-0.3, -0.25) is 4.79 Å². The Morgan fingerprint density at radius 3 is 2.29 bits per heavy atom. The Hall–Kier alpha value is -0.140. The second-order valence-corrected chi connectivity index (χ2v) is 9.30. The third-order valence-corrected chi connectivity index (χ3v) is 4.41. The van der Waals surface area contributed by atoms with Crippen molar-refractivity contribution in [1.82, 2.24) is 5.32 Å². The molecule has 0 saturated heterocycles. The zero-order valence-corrected chi connectivity index (χ0v) is 17.3. The highest BCUT2D eigenvalue weighted by Gasteiger charge is 2.31. The maximum Gasteiger partial charge on any atom is 0.155 e. The second-order valence-electron chi connectivity index (χ2n) is 8.15. The van der Waals surface area contributed by atoms with E-state index in [1.165, 1.54) is 0 Å². The molecule has 5 nitrogen and oxygen atoms in total. The Bertz CT molecular complexity index is 350. The van der Waals surface area contributed by atoms with Crippen molar-refractivity contribution >= 4 is 17.5 Å². The number of nitrogens with one attached hydrogen (secondary N) is 1. The lowest BCUT2D eigenvalue weighted by Gasteiger charge is -2.31. The number of aliphatic hydroxyl groups is 1. The summed E-state index contributed by atoms with van der Waals surface area (Å²) in [6, 6.07) is -0.160. The van der Waals surface area contributed by atoms with E-state index in [2.05, 4.69) is 26.1 Å². The van der Waals surface area contributed by atoms with Gasteiger partial charge in [-0.25, -0.2) is 0 Å². The van der Waals surface area contributed by atoms with Crippen molar-refractivity contribution in [3.05, 3.63) is 0 Å².